The summed E-state index contributed by atoms with van der Waals surface area (Å²) in [5.74, 6) is 0.0456. The Morgan fingerprint density at radius 2 is 2.15 bits per heavy atom. The van der Waals surface area contributed by atoms with Gasteiger partial charge in [-0.05, 0) is 19.4 Å². The molecule has 2 aliphatic heterocycles. The van der Waals surface area contributed by atoms with Crippen LogP contribution in [-0.2, 0) is 14.6 Å². The molecule has 2 fully saturated rings. The predicted octanol–water partition coefficient (Wildman–Crippen LogP) is 0.475. The van der Waals surface area contributed by atoms with Crippen LogP contribution in [0.3, 0.4) is 0 Å². The Labute approximate surface area is 160 Å². The van der Waals surface area contributed by atoms with Gasteiger partial charge in [-0.1, -0.05) is 0 Å². The quantitative estimate of drug-likeness (QED) is 0.716. The molecule has 2 saturated heterocycles. The lowest BCUT2D eigenvalue weighted by Crippen LogP contribution is -2.41. The maximum atomic E-state index is 12.9. The molecule has 150 valence electrons. The van der Waals surface area contributed by atoms with E-state index in [-0.39, 0.29) is 23.5 Å². The number of morpholine rings is 1. The van der Waals surface area contributed by atoms with Crippen LogP contribution in [-0.4, -0.2) is 92.6 Å². The topological polar surface area (TPSA) is 91.8 Å². The molecular formula is C18H28N4O4S. The zero-order valence-electron chi connectivity index (χ0n) is 15.8. The molecule has 0 aromatic carbocycles. The molecule has 8 nitrogen and oxygen atoms in total. The van der Waals surface area contributed by atoms with Crippen molar-refractivity contribution in [2.75, 3.05) is 62.8 Å². The number of nitrogens with zero attached hydrogens (tertiary/aromatic N) is 3. The van der Waals surface area contributed by atoms with Crippen molar-refractivity contribution in [2.24, 2.45) is 0 Å². The number of pyridine rings is 1. The van der Waals surface area contributed by atoms with Gasteiger partial charge in [-0.3, -0.25) is 14.7 Å². The number of ether oxygens (including phenoxy) is 1. The average molecular weight is 397 g/mol. The van der Waals surface area contributed by atoms with E-state index in [0.29, 0.717) is 18.5 Å². The molecule has 27 heavy (non-hydrogen) atoms. The summed E-state index contributed by atoms with van der Waals surface area (Å²) < 4.78 is 28.8. The van der Waals surface area contributed by atoms with E-state index >= 15 is 0 Å². The fourth-order valence-corrected chi connectivity index (χ4v) is 5.32. The van der Waals surface area contributed by atoms with Gasteiger partial charge in [0.1, 0.15) is 0 Å². The second-order valence-electron chi connectivity index (χ2n) is 6.99. The van der Waals surface area contributed by atoms with Gasteiger partial charge in [-0.25, -0.2) is 8.42 Å². The van der Waals surface area contributed by atoms with E-state index in [1.165, 1.54) is 0 Å². The third kappa shape index (κ3) is 5.40. The third-order valence-electron chi connectivity index (χ3n) is 5.10. The molecule has 0 aliphatic carbocycles. The fraction of sp³-hybridized carbons (Fsp3) is 0.667. The number of hydrogen-bond donors (Lipinski definition) is 1. The van der Waals surface area contributed by atoms with Crippen LogP contribution in [0.4, 0.5) is 5.69 Å². The standard InChI is InChI=1S/C18H28N4O4S/c1-2-22(17-3-10-27(24,25)14-17)18(23)15-11-16(13-19-12-15)20-4-5-21-6-8-26-9-7-21/h11-13,17,20H,2-10,14H2,1H3. The van der Waals surface area contributed by atoms with Crippen molar-refractivity contribution in [3.05, 3.63) is 24.0 Å². The first-order chi connectivity index (χ1) is 13.0. The third-order valence-corrected chi connectivity index (χ3v) is 6.85. The molecule has 1 N–H and O–H groups in total. The molecular weight excluding hydrogens is 368 g/mol. The van der Waals surface area contributed by atoms with E-state index in [1.54, 1.807) is 23.4 Å². The summed E-state index contributed by atoms with van der Waals surface area (Å²) in [5.41, 5.74) is 1.28. The lowest BCUT2D eigenvalue weighted by molar-refractivity contribution is 0.0398. The van der Waals surface area contributed by atoms with Gasteiger partial charge in [0.2, 0.25) is 0 Å². The zero-order chi connectivity index (χ0) is 19.3. The molecule has 2 aliphatic rings. The van der Waals surface area contributed by atoms with E-state index in [1.807, 2.05) is 6.92 Å². The molecule has 1 unspecified atom stereocenters. The molecule has 0 bridgehead atoms. The highest BCUT2D eigenvalue weighted by molar-refractivity contribution is 7.91. The lowest BCUT2D eigenvalue weighted by Gasteiger charge is -2.27. The largest absolute Gasteiger partial charge is 0.382 e. The van der Waals surface area contributed by atoms with Gasteiger partial charge in [0.15, 0.2) is 9.84 Å². The molecule has 1 aromatic rings. The summed E-state index contributed by atoms with van der Waals surface area (Å²) in [5, 5.41) is 3.32. The highest BCUT2D eigenvalue weighted by atomic mass is 32.2. The van der Waals surface area contributed by atoms with Crippen molar-refractivity contribution in [1.82, 2.24) is 14.8 Å². The van der Waals surface area contributed by atoms with Gasteiger partial charge in [-0.15, -0.1) is 0 Å². The minimum absolute atomic E-state index is 0.0531. The molecule has 1 amide bonds. The first kappa shape index (κ1) is 20.0. The SMILES string of the molecule is CCN(C(=O)c1cncc(NCCN2CCOCC2)c1)C1CCS(=O)(=O)C1. The Hall–Kier alpha value is -1.71. The second-order valence-corrected chi connectivity index (χ2v) is 9.22. The summed E-state index contributed by atoms with van der Waals surface area (Å²) in [4.78, 5) is 21.1. The highest BCUT2D eigenvalue weighted by Crippen LogP contribution is 2.20. The number of nitrogens with one attached hydrogen (secondary N) is 1. The summed E-state index contributed by atoms with van der Waals surface area (Å²) in [6.45, 7) is 7.45. The Morgan fingerprint density at radius 1 is 1.37 bits per heavy atom. The van der Waals surface area contributed by atoms with Crippen molar-refractivity contribution in [1.29, 1.82) is 0 Å². The van der Waals surface area contributed by atoms with Crippen LogP contribution in [0.5, 0.6) is 0 Å². The number of anilines is 1. The molecule has 3 heterocycles. The molecule has 0 saturated carbocycles. The van der Waals surface area contributed by atoms with E-state index in [2.05, 4.69) is 15.2 Å². The lowest BCUT2D eigenvalue weighted by atomic mass is 10.1. The monoisotopic (exact) mass is 396 g/mol. The van der Waals surface area contributed by atoms with Crippen molar-refractivity contribution in [3.8, 4) is 0 Å². The van der Waals surface area contributed by atoms with Gasteiger partial charge < -0.3 is 15.0 Å². The minimum atomic E-state index is -3.03. The number of rotatable bonds is 7. The van der Waals surface area contributed by atoms with Crippen LogP contribution >= 0.6 is 0 Å². The summed E-state index contributed by atoms with van der Waals surface area (Å²) in [6.07, 6.45) is 3.75. The second kappa shape index (κ2) is 8.99. The van der Waals surface area contributed by atoms with Gasteiger partial charge in [-0.2, -0.15) is 0 Å². The van der Waals surface area contributed by atoms with Gasteiger partial charge in [0.25, 0.3) is 5.91 Å². The minimum Gasteiger partial charge on any atom is -0.382 e. The zero-order valence-corrected chi connectivity index (χ0v) is 16.6. The number of carbonyl (C=O) groups excluding carboxylic acids is 1. The van der Waals surface area contributed by atoms with Crippen molar-refractivity contribution in [2.45, 2.75) is 19.4 Å². The van der Waals surface area contributed by atoms with Crippen molar-refractivity contribution < 1.29 is 17.9 Å². The van der Waals surface area contributed by atoms with E-state index in [9.17, 15) is 13.2 Å². The molecule has 1 atom stereocenters. The van der Waals surface area contributed by atoms with Crippen LogP contribution in [0, 0.1) is 0 Å². The Kier molecular flexibility index (Phi) is 6.67. The van der Waals surface area contributed by atoms with Gasteiger partial charge in [0.05, 0.1) is 36.0 Å². The number of hydrogen-bond acceptors (Lipinski definition) is 7. The molecule has 9 heteroatoms. The first-order valence-corrected chi connectivity index (χ1v) is 11.3. The molecule has 1 aromatic heterocycles. The first-order valence-electron chi connectivity index (χ1n) is 9.49. The maximum Gasteiger partial charge on any atom is 0.255 e. The molecule has 3 rings (SSSR count). The normalized spacial score (nSPS) is 22.5. The average Bonchev–Trinajstić information content (AvgIpc) is 3.03. The van der Waals surface area contributed by atoms with Crippen LogP contribution in [0.15, 0.2) is 18.5 Å². The summed E-state index contributed by atoms with van der Waals surface area (Å²) in [6, 6.07) is 1.55. The smallest absolute Gasteiger partial charge is 0.255 e. The van der Waals surface area contributed by atoms with E-state index in [4.69, 9.17) is 4.74 Å². The number of sulfone groups is 1. The van der Waals surface area contributed by atoms with Crippen molar-refractivity contribution >= 4 is 21.4 Å². The summed E-state index contributed by atoms with van der Waals surface area (Å²) >= 11 is 0. The Balaban J connectivity index is 1.59. The molecule has 0 radical (unpaired) electrons. The molecule has 0 spiro atoms. The van der Waals surface area contributed by atoms with Crippen LogP contribution in [0.25, 0.3) is 0 Å². The van der Waals surface area contributed by atoms with Crippen LogP contribution in [0.1, 0.15) is 23.7 Å². The van der Waals surface area contributed by atoms with Crippen LogP contribution < -0.4 is 5.32 Å². The number of aromatic nitrogens is 1. The van der Waals surface area contributed by atoms with Crippen molar-refractivity contribution in [3.63, 3.8) is 0 Å². The van der Waals surface area contributed by atoms with Gasteiger partial charge >= 0.3 is 0 Å². The Morgan fingerprint density at radius 3 is 2.81 bits per heavy atom. The predicted molar refractivity (Wildman–Crippen MR) is 104 cm³/mol. The summed E-state index contributed by atoms with van der Waals surface area (Å²) in [7, 11) is -3.03. The van der Waals surface area contributed by atoms with E-state index in [0.717, 1.165) is 45.1 Å². The maximum absolute atomic E-state index is 12.9. The number of carbonyl (C=O) groups is 1. The number of amides is 1. The Bertz CT molecular complexity index is 749. The van der Waals surface area contributed by atoms with Crippen LogP contribution in [0.2, 0.25) is 0 Å². The highest BCUT2D eigenvalue weighted by Gasteiger charge is 2.34. The van der Waals surface area contributed by atoms with E-state index < -0.39 is 9.84 Å². The fourth-order valence-electron chi connectivity index (χ4n) is 3.59. The van der Waals surface area contributed by atoms with Gasteiger partial charge in [0, 0.05) is 51.2 Å².